The van der Waals surface area contributed by atoms with Crippen molar-refractivity contribution in [3.8, 4) is 11.8 Å². The van der Waals surface area contributed by atoms with Crippen LogP contribution in [-0.4, -0.2) is 62.3 Å². The first-order valence-corrected chi connectivity index (χ1v) is 14.6. The molecular formula is C31H48O7. The average Bonchev–Trinajstić information content (AvgIpc) is 3.23. The summed E-state index contributed by atoms with van der Waals surface area (Å²) in [6, 6.07) is 0. The van der Waals surface area contributed by atoms with Gasteiger partial charge < -0.3 is 28.8 Å². The van der Waals surface area contributed by atoms with E-state index in [2.05, 4.69) is 36.1 Å². The molecule has 3 aliphatic rings. The van der Waals surface area contributed by atoms with Crippen molar-refractivity contribution in [2.24, 2.45) is 11.8 Å². The fourth-order valence-corrected chi connectivity index (χ4v) is 5.50. The van der Waals surface area contributed by atoms with Crippen LogP contribution in [0.5, 0.6) is 0 Å². The maximum Gasteiger partial charge on any atom is 0.305 e. The van der Waals surface area contributed by atoms with Gasteiger partial charge in [-0.2, -0.15) is 0 Å². The van der Waals surface area contributed by atoms with Crippen molar-refractivity contribution in [2.45, 2.75) is 121 Å². The Bertz CT molecular complexity index is 786. The lowest BCUT2D eigenvalue weighted by Gasteiger charge is -2.29. The van der Waals surface area contributed by atoms with E-state index in [0.717, 1.165) is 83.8 Å². The number of carbonyl (C=O) groups is 1. The molecule has 0 spiro atoms. The van der Waals surface area contributed by atoms with Crippen LogP contribution in [0.15, 0.2) is 24.3 Å². The summed E-state index contributed by atoms with van der Waals surface area (Å²) in [4.78, 5) is 11.3. The van der Waals surface area contributed by atoms with Crippen LogP contribution in [0.1, 0.15) is 90.4 Å². The highest BCUT2D eigenvalue weighted by molar-refractivity contribution is 5.69. The summed E-state index contributed by atoms with van der Waals surface area (Å²) >= 11 is 0. The molecule has 1 aliphatic carbocycles. The minimum absolute atomic E-state index is 0.0405. The summed E-state index contributed by atoms with van der Waals surface area (Å²) in [5.41, 5.74) is 0. The number of aliphatic hydroxyl groups is 1. The molecule has 38 heavy (non-hydrogen) atoms. The third-order valence-corrected chi connectivity index (χ3v) is 7.65. The fourth-order valence-electron chi connectivity index (χ4n) is 5.50. The second kappa shape index (κ2) is 17.8. The maximum absolute atomic E-state index is 11.3. The van der Waals surface area contributed by atoms with E-state index in [-0.39, 0.29) is 42.6 Å². The smallest absolute Gasteiger partial charge is 0.305 e. The largest absolute Gasteiger partial charge is 0.469 e. The highest BCUT2D eigenvalue weighted by Crippen LogP contribution is 2.39. The number of aliphatic hydroxyl groups excluding tert-OH is 1. The topological polar surface area (TPSA) is 83.5 Å². The first kappa shape index (κ1) is 30.8. The van der Waals surface area contributed by atoms with E-state index >= 15 is 0 Å². The van der Waals surface area contributed by atoms with E-state index in [1.165, 1.54) is 7.11 Å². The second-order valence-corrected chi connectivity index (χ2v) is 10.5. The van der Waals surface area contributed by atoms with E-state index in [0.29, 0.717) is 12.8 Å². The van der Waals surface area contributed by atoms with Crippen molar-refractivity contribution < 1.29 is 33.6 Å². The zero-order valence-corrected chi connectivity index (χ0v) is 23.4. The van der Waals surface area contributed by atoms with Crippen LogP contribution in [0.4, 0.5) is 0 Å². The summed E-state index contributed by atoms with van der Waals surface area (Å²) in [6.45, 7) is 3.34. The fraction of sp³-hybridized carbons (Fsp3) is 0.774. The van der Waals surface area contributed by atoms with Gasteiger partial charge in [0.25, 0.3) is 0 Å². The number of methoxy groups -OCH3 is 1. The SMILES string of the molecule is CC#CCC[C@@H](/C=C/[C@@H]1[C@@H](C/C=C\CCCC(=O)OC)[C@H](O)C[C@H]1OC1CCCCO1)OC1CCCCO1. The average molecular weight is 533 g/mol. The highest BCUT2D eigenvalue weighted by Gasteiger charge is 2.42. The van der Waals surface area contributed by atoms with Crippen LogP contribution in [-0.2, 0) is 28.5 Å². The Hall–Kier alpha value is -1.69. The lowest BCUT2D eigenvalue weighted by atomic mass is 9.89. The summed E-state index contributed by atoms with van der Waals surface area (Å²) < 4.78 is 29.2. The van der Waals surface area contributed by atoms with Crippen molar-refractivity contribution in [1.29, 1.82) is 0 Å². The first-order chi connectivity index (χ1) is 18.6. The van der Waals surface area contributed by atoms with Crippen molar-refractivity contribution in [2.75, 3.05) is 20.3 Å². The molecule has 7 heteroatoms. The van der Waals surface area contributed by atoms with E-state index in [9.17, 15) is 9.90 Å². The number of esters is 1. The number of rotatable bonds is 14. The van der Waals surface area contributed by atoms with E-state index in [1.807, 2.05) is 6.92 Å². The zero-order valence-electron chi connectivity index (χ0n) is 23.4. The minimum atomic E-state index is -0.454. The molecule has 0 aromatic rings. The Morgan fingerprint density at radius 3 is 2.55 bits per heavy atom. The Morgan fingerprint density at radius 1 is 1.11 bits per heavy atom. The van der Waals surface area contributed by atoms with E-state index < -0.39 is 6.10 Å². The number of allylic oxidation sites excluding steroid dienone is 2. The number of hydrogen-bond acceptors (Lipinski definition) is 7. The van der Waals surface area contributed by atoms with Gasteiger partial charge in [0.05, 0.1) is 25.4 Å². The molecule has 0 aromatic carbocycles. The Labute approximate surface area is 229 Å². The van der Waals surface area contributed by atoms with Gasteiger partial charge in [-0.15, -0.1) is 11.8 Å². The van der Waals surface area contributed by atoms with Crippen LogP contribution in [0, 0.1) is 23.7 Å². The lowest BCUT2D eigenvalue weighted by Crippen LogP contribution is -2.31. The van der Waals surface area contributed by atoms with Crippen LogP contribution in [0.25, 0.3) is 0 Å². The van der Waals surface area contributed by atoms with Gasteiger partial charge in [0.2, 0.25) is 0 Å². The molecule has 0 bridgehead atoms. The first-order valence-electron chi connectivity index (χ1n) is 14.6. The molecule has 3 rings (SSSR count). The second-order valence-electron chi connectivity index (χ2n) is 10.5. The molecule has 1 N–H and O–H groups in total. The van der Waals surface area contributed by atoms with Gasteiger partial charge >= 0.3 is 5.97 Å². The van der Waals surface area contributed by atoms with Gasteiger partial charge in [0.1, 0.15) is 0 Å². The molecule has 3 fully saturated rings. The Morgan fingerprint density at radius 2 is 1.87 bits per heavy atom. The lowest BCUT2D eigenvalue weighted by molar-refractivity contribution is -0.193. The summed E-state index contributed by atoms with van der Waals surface area (Å²) in [7, 11) is 1.42. The molecule has 7 atom stereocenters. The third-order valence-electron chi connectivity index (χ3n) is 7.65. The maximum atomic E-state index is 11.3. The number of hydrogen-bond donors (Lipinski definition) is 1. The van der Waals surface area contributed by atoms with Gasteiger partial charge in [0.15, 0.2) is 12.6 Å². The zero-order chi connectivity index (χ0) is 27.0. The predicted molar refractivity (Wildman–Crippen MR) is 146 cm³/mol. The van der Waals surface area contributed by atoms with Gasteiger partial charge in [0, 0.05) is 38.4 Å². The molecule has 0 aromatic heterocycles. The third kappa shape index (κ3) is 10.8. The molecule has 2 unspecified atom stereocenters. The highest BCUT2D eigenvalue weighted by atomic mass is 16.7. The Kier molecular flexibility index (Phi) is 14.5. The van der Waals surface area contributed by atoms with Crippen molar-refractivity contribution in [3.05, 3.63) is 24.3 Å². The molecule has 0 radical (unpaired) electrons. The molecule has 214 valence electrons. The van der Waals surface area contributed by atoms with E-state index in [4.69, 9.17) is 23.7 Å². The van der Waals surface area contributed by atoms with Gasteiger partial charge in [-0.3, -0.25) is 4.79 Å². The van der Waals surface area contributed by atoms with Crippen LogP contribution < -0.4 is 0 Å². The quantitative estimate of drug-likeness (QED) is 0.138. The summed E-state index contributed by atoms with van der Waals surface area (Å²) in [6.07, 6.45) is 18.6. The van der Waals surface area contributed by atoms with E-state index in [1.54, 1.807) is 0 Å². The monoisotopic (exact) mass is 532 g/mol. The van der Waals surface area contributed by atoms with Gasteiger partial charge in [-0.1, -0.05) is 24.3 Å². The molecule has 7 nitrogen and oxygen atoms in total. The summed E-state index contributed by atoms with van der Waals surface area (Å²) in [5, 5.41) is 11.0. The number of unbranched alkanes of at least 4 members (excludes halogenated alkanes) is 1. The van der Waals surface area contributed by atoms with Crippen molar-refractivity contribution >= 4 is 5.97 Å². The molecule has 0 amide bonds. The standard InChI is InChI=1S/C31H48O7/c1-3-4-7-14-24(37-30-17-10-12-21-35-30)19-20-26-25(15-8-5-6-9-16-29(33)34-2)27(32)23-28(26)38-31-18-11-13-22-36-31/h5,8,19-20,24-28,30-32H,6-7,9-18,21-23H2,1-2H3/b8-5-,20-19+/t24-,25+,26+,27+,28+,30?,31?/m0/s1. The van der Waals surface area contributed by atoms with Gasteiger partial charge in [-0.05, 0) is 77.0 Å². The van der Waals surface area contributed by atoms with Crippen molar-refractivity contribution in [3.63, 3.8) is 0 Å². The van der Waals surface area contributed by atoms with Crippen LogP contribution in [0.2, 0.25) is 0 Å². The molecule has 2 aliphatic heterocycles. The molecule has 2 saturated heterocycles. The van der Waals surface area contributed by atoms with Gasteiger partial charge in [-0.25, -0.2) is 0 Å². The number of ether oxygens (including phenoxy) is 5. The summed E-state index contributed by atoms with van der Waals surface area (Å²) in [5.74, 6) is 6.04. The normalized spacial score (nSPS) is 30.8. The van der Waals surface area contributed by atoms with Crippen molar-refractivity contribution in [1.82, 2.24) is 0 Å². The minimum Gasteiger partial charge on any atom is -0.469 e. The van der Waals surface area contributed by atoms with Crippen LogP contribution in [0.3, 0.4) is 0 Å². The molecule has 2 heterocycles. The molecular weight excluding hydrogens is 484 g/mol. The Balaban J connectivity index is 1.66. The predicted octanol–water partition coefficient (Wildman–Crippen LogP) is 5.46. The number of carbonyl (C=O) groups excluding carboxylic acids is 1. The van der Waals surface area contributed by atoms with Crippen LogP contribution >= 0.6 is 0 Å². The molecule has 1 saturated carbocycles.